The summed E-state index contributed by atoms with van der Waals surface area (Å²) < 4.78 is 0. The van der Waals surface area contributed by atoms with E-state index in [1.165, 1.54) is 19.3 Å². The number of hydrogen-bond acceptors (Lipinski definition) is 3. The summed E-state index contributed by atoms with van der Waals surface area (Å²) in [5.41, 5.74) is 8.68. The van der Waals surface area contributed by atoms with Gasteiger partial charge in [0.15, 0.2) is 0 Å². The molecule has 2 N–H and O–H groups in total. The quantitative estimate of drug-likeness (QED) is 0.903. The number of nitrogens with zero attached hydrogens (tertiary/aromatic N) is 2. The van der Waals surface area contributed by atoms with E-state index in [2.05, 4.69) is 55.8 Å². The molecule has 2 rings (SSSR count). The van der Waals surface area contributed by atoms with Gasteiger partial charge < -0.3 is 5.73 Å². The zero-order valence-corrected chi connectivity index (χ0v) is 14.1. The second-order valence-corrected chi connectivity index (χ2v) is 6.75. The van der Waals surface area contributed by atoms with Crippen LogP contribution in [0.2, 0.25) is 0 Å². The van der Waals surface area contributed by atoms with Gasteiger partial charge in [-0.1, -0.05) is 39.7 Å². The topological polar surface area (TPSA) is 42.2 Å². The maximum atomic E-state index is 6.29. The molecular weight excluding hydrogens is 258 g/mol. The highest BCUT2D eigenvalue weighted by Gasteiger charge is 2.44. The molecule has 21 heavy (non-hydrogen) atoms. The summed E-state index contributed by atoms with van der Waals surface area (Å²) in [5, 5.41) is 0. The number of aromatic nitrogens is 1. The van der Waals surface area contributed by atoms with Crippen LogP contribution >= 0.6 is 0 Å². The molecule has 0 amide bonds. The molecule has 1 aliphatic rings. The molecule has 0 aliphatic heterocycles. The summed E-state index contributed by atoms with van der Waals surface area (Å²) in [4.78, 5) is 7.26. The van der Waals surface area contributed by atoms with Crippen molar-refractivity contribution in [2.75, 3.05) is 13.1 Å². The summed E-state index contributed by atoms with van der Waals surface area (Å²) in [6, 6.07) is 6.30. The smallest absolute Gasteiger partial charge is 0.0547 e. The summed E-state index contributed by atoms with van der Waals surface area (Å²) in [6.07, 6.45) is 3.85. The molecule has 1 saturated carbocycles. The lowest BCUT2D eigenvalue weighted by molar-refractivity contribution is -0.0140. The van der Waals surface area contributed by atoms with Crippen LogP contribution in [0.4, 0.5) is 0 Å². The Hall–Kier alpha value is -0.930. The Labute approximate surface area is 129 Å². The highest BCUT2D eigenvalue weighted by atomic mass is 15.2. The van der Waals surface area contributed by atoms with Gasteiger partial charge in [-0.3, -0.25) is 9.88 Å². The van der Waals surface area contributed by atoms with Crippen LogP contribution in [0.15, 0.2) is 18.2 Å². The summed E-state index contributed by atoms with van der Waals surface area (Å²) >= 11 is 0. The Morgan fingerprint density at radius 1 is 1.38 bits per heavy atom. The highest BCUT2D eigenvalue weighted by molar-refractivity contribution is 5.11. The van der Waals surface area contributed by atoms with Crippen molar-refractivity contribution in [2.24, 2.45) is 17.6 Å². The molecule has 1 aromatic rings. The minimum atomic E-state index is 0.137. The fourth-order valence-electron chi connectivity index (χ4n) is 4.07. The first kappa shape index (κ1) is 16.4. The van der Waals surface area contributed by atoms with Crippen LogP contribution in [-0.4, -0.2) is 28.5 Å². The molecule has 3 unspecified atom stereocenters. The summed E-state index contributed by atoms with van der Waals surface area (Å²) in [5.74, 6) is 1.39. The summed E-state index contributed by atoms with van der Waals surface area (Å²) in [7, 11) is 0. The Morgan fingerprint density at radius 3 is 2.76 bits per heavy atom. The zero-order chi connectivity index (χ0) is 15.5. The number of pyridine rings is 1. The van der Waals surface area contributed by atoms with Crippen LogP contribution < -0.4 is 5.73 Å². The Bertz CT molecular complexity index is 460. The van der Waals surface area contributed by atoms with Gasteiger partial charge in [0.25, 0.3) is 0 Å². The van der Waals surface area contributed by atoms with Crippen molar-refractivity contribution in [1.82, 2.24) is 9.88 Å². The minimum Gasteiger partial charge on any atom is -0.329 e. The molecule has 1 aromatic heterocycles. The van der Waals surface area contributed by atoms with Crippen LogP contribution in [-0.2, 0) is 6.54 Å². The normalized spacial score (nSPS) is 29.8. The molecule has 1 aliphatic carbocycles. The van der Waals surface area contributed by atoms with E-state index in [0.717, 1.165) is 36.9 Å². The molecule has 3 atom stereocenters. The number of likely N-dealkylation sites (N-methyl/N-ethyl adjacent to an activating group) is 1. The lowest BCUT2D eigenvalue weighted by Gasteiger charge is -2.52. The van der Waals surface area contributed by atoms with Crippen LogP contribution in [0.5, 0.6) is 0 Å². The first-order valence-electron chi connectivity index (χ1n) is 8.41. The van der Waals surface area contributed by atoms with Gasteiger partial charge in [0, 0.05) is 24.3 Å². The number of aryl methyl sites for hydroxylation is 1. The van der Waals surface area contributed by atoms with Crippen LogP contribution in [0, 0.1) is 18.8 Å². The van der Waals surface area contributed by atoms with E-state index in [-0.39, 0.29) is 5.54 Å². The monoisotopic (exact) mass is 289 g/mol. The molecule has 3 heteroatoms. The van der Waals surface area contributed by atoms with E-state index in [1.54, 1.807) is 0 Å². The van der Waals surface area contributed by atoms with Gasteiger partial charge in [0.1, 0.15) is 0 Å². The van der Waals surface area contributed by atoms with Gasteiger partial charge in [0.05, 0.1) is 5.69 Å². The largest absolute Gasteiger partial charge is 0.329 e. The standard InChI is InChI=1S/C18H31N3/c1-5-21(12-17-10-6-9-15(3)20-17)18(13-19)11-7-8-14(2)16(18)4/h6,9-10,14,16H,5,7-8,11-13,19H2,1-4H3. The third-order valence-corrected chi connectivity index (χ3v) is 5.63. The van der Waals surface area contributed by atoms with Crippen molar-refractivity contribution in [3.05, 3.63) is 29.6 Å². The van der Waals surface area contributed by atoms with Crippen molar-refractivity contribution in [2.45, 2.75) is 59.0 Å². The minimum absolute atomic E-state index is 0.137. The highest BCUT2D eigenvalue weighted by Crippen LogP contribution is 2.41. The van der Waals surface area contributed by atoms with E-state index in [9.17, 15) is 0 Å². The van der Waals surface area contributed by atoms with Gasteiger partial charge in [-0.25, -0.2) is 0 Å². The van der Waals surface area contributed by atoms with Gasteiger partial charge >= 0.3 is 0 Å². The van der Waals surface area contributed by atoms with Crippen LogP contribution in [0.25, 0.3) is 0 Å². The second-order valence-electron chi connectivity index (χ2n) is 6.75. The predicted octanol–water partition coefficient (Wildman–Crippen LogP) is 3.37. The maximum Gasteiger partial charge on any atom is 0.0547 e. The van der Waals surface area contributed by atoms with E-state index in [4.69, 9.17) is 5.73 Å². The van der Waals surface area contributed by atoms with Gasteiger partial charge in [-0.2, -0.15) is 0 Å². The van der Waals surface area contributed by atoms with Crippen molar-refractivity contribution in [1.29, 1.82) is 0 Å². The first-order chi connectivity index (χ1) is 10.0. The van der Waals surface area contributed by atoms with Crippen molar-refractivity contribution >= 4 is 0 Å². The van der Waals surface area contributed by atoms with Crippen molar-refractivity contribution < 1.29 is 0 Å². The average Bonchev–Trinajstić information content (AvgIpc) is 2.48. The van der Waals surface area contributed by atoms with Crippen molar-refractivity contribution in [3.8, 4) is 0 Å². The Morgan fingerprint density at radius 2 is 2.14 bits per heavy atom. The predicted molar refractivity (Wildman–Crippen MR) is 89.0 cm³/mol. The van der Waals surface area contributed by atoms with E-state index in [1.807, 2.05) is 0 Å². The van der Waals surface area contributed by atoms with E-state index >= 15 is 0 Å². The molecular formula is C18H31N3. The molecule has 0 radical (unpaired) electrons. The summed E-state index contributed by atoms with van der Waals surface area (Å²) in [6.45, 7) is 11.8. The van der Waals surface area contributed by atoms with Crippen LogP contribution in [0.3, 0.4) is 0 Å². The molecule has 118 valence electrons. The van der Waals surface area contributed by atoms with Crippen molar-refractivity contribution in [3.63, 3.8) is 0 Å². The third kappa shape index (κ3) is 3.29. The Kier molecular flexibility index (Phi) is 5.39. The fourth-order valence-corrected chi connectivity index (χ4v) is 4.07. The van der Waals surface area contributed by atoms with E-state index in [0.29, 0.717) is 5.92 Å². The maximum absolute atomic E-state index is 6.29. The average molecular weight is 289 g/mol. The molecule has 0 aromatic carbocycles. The third-order valence-electron chi connectivity index (χ3n) is 5.63. The lowest BCUT2D eigenvalue weighted by atomic mass is 9.67. The van der Waals surface area contributed by atoms with Gasteiger partial charge in [-0.05, 0) is 43.9 Å². The number of nitrogens with two attached hydrogens (primary N) is 1. The zero-order valence-electron chi connectivity index (χ0n) is 14.1. The number of rotatable bonds is 5. The SMILES string of the molecule is CCN(Cc1cccc(C)n1)C1(CN)CCCC(C)C1C. The molecule has 1 heterocycles. The molecule has 1 fully saturated rings. The molecule has 0 spiro atoms. The second kappa shape index (κ2) is 6.89. The number of hydrogen-bond donors (Lipinski definition) is 1. The molecule has 3 nitrogen and oxygen atoms in total. The lowest BCUT2D eigenvalue weighted by Crippen LogP contribution is -2.60. The van der Waals surface area contributed by atoms with Gasteiger partial charge in [-0.15, -0.1) is 0 Å². The fraction of sp³-hybridized carbons (Fsp3) is 0.722. The van der Waals surface area contributed by atoms with E-state index < -0.39 is 0 Å². The molecule has 0 saturated heterocycles. The van der Waals surface area contributed by atoms with Crippen LogP contribution in [0.1, 0.15) is 51.4 Å². The molecule has 0 bridgehead atoms. The van der Waals surface area contributed by atoms with Gasteiger partial charge in [0.2, 0.25) is 0 Å². The first-order valence-corrected chi connectivity index (χ1v) is 8.41. The Balaban J connectivity index is 2.25.